The number of amidine groups is 1. The van der Waals surface area contributed by atoms with Crippen molar-refractivity contribution in [2.45, 2.75) is 30.3 Å². The SMILES string of the molecule is CN(c1ccnc(S(N)(=O)=O)c1C(=N)NN=N)C1C=CCCC1. The number of allylic oxidation sites excluding steroid dienone is 1. The molecule has 1 unspecified atom stereocenters. The van der Waals surface area contributed by atoms with E-state index in [0.29, 0.717) is 5.69 Å². The predicted octanol–water partition coefficient (Wildman–Crippen LogP) is 1.13. The number of primary sulfonamides is 1. The number of likely N-dealkylation sites (N-methyl/N-ethyl adjacent to an activating group) is 1. The van der Waals surface area contributed by atoms with Crippen LogP contribution in [0.25, 0.3) is 0 Å². The molecule has 1 heterocycles. The zero-order chi connectivity index (χ0) is 17.0. The zero-order valence-electron chi connectivity index (χ0n) is 12.7. The minimum absolute atomic E-state index is 0.00692. The zero-order valence-corrected chi connectivity index (χ0v) is 13.5. The van der Waals surface area contributed by atoms with E-state index in [2.05, 4.69) is 27.8 Å². The Morgan fingerprint density at radius 3 is 2.87 bits per heavy atom. The van der Waals surface area contributed by atoms with E-state index in [0.717, 1.165) is 19.3 Å². The maximum Gasteiger partial charge on any atom is 0.256 e. The highest BCUT2D eigenvalue weighted by Crippen LogP contribution is 2.28. The predicted molar refractivity (Wildman–Crippen MR) is 85.9 cm³/mol. The number of anilines is 1. The summed E-state index contributed by atoms with van der Waals surface area (Å²) in [6.07, 6.45) is 8.44. The molecular weight excluding hydrogens is 318 g/mol. The van der Waals surface area contributed by atoms with Crippen LogP contribution in [-0.4, -0.2) is 32.3 Å². The Morgan fingerprint density at radius 1 is 1.57 bits per heavy atom. The summed E-state index contributed by atoms with van der Waals surface area (Å²) < 4.78 is 23.6. The van der Waals surface area contributed by atoms with Crippen molar-refractivity contribution in [2.24, 2.45) is 10.4 Å². The van der Waals surface area contributed by atoms with Crippen LogP contribution in [0.2, 0.25) is 0 Å². The maximum atomic E-state index is 11.8. The number of nitrogens with one attached hydrogen (secondary N) is 3. The standard InChI is InChI=1S/C13H19N7O2S/c1-20(9-5-3-2-4-6-9)10-7-8-17-13(23(16,21)22)11(10)12(14)18-19-15/h3,5,7-9H,2,4,6H2,1H3,(H3,14,15,18)(H2,16,21,22). The van der Waals surface area contributed by atoms with Crippen LogP contribution < -0.4 is 15.5 Å². The smallest absolute Gasteiger partial charge is 0.256 e. The van der Waals surface area contributed by atoms with Crippen LogP contribution in [0.15, 0.2) is 34.7 Å². The second-order valence-electron chi connectivity index (χ2n) is 5.19. The molecule has 1 atom stereocenters. The molecule has 5 N–H and O–H groups in total. The Morgan fingerprint density at radius 2 is 2.30 bits per heavy atom. The third-order valence-corrected chi connectivity index (χ3v) is 4.54. The molecule has 0 saturated heterocycles. The molecule has 0 radical (unpaired) electrons. The molecule has 0 amide bonds. The van der Waals surface area contributed by atoms with Gasteiger partial charge in [0.15, 0.2) is 10.9 Å². The van der Waals surface area contributed by atoms with Gasteiger partial charge < -0.3 is 4.90 Å². The minimum atomic E-state index is -4.12. The van der Waals surface area contributed by atoms with E-state index in [1.807, 2.05) is 11.9 Å². The molecule has 0 bridgehead atoms. The van der Waals surface area contributed by atoms with E-state index in [1.54, 1.807) is 6.07 Å². The first-order chi connectivity index (χ1) is 10.9. The molecule has 1 aromatic heterocycles. The Labute approximate surface area is 134 Å². The second-order valence-corrected chi connectivity index (χ2v) is 6.67. The summed E-state index contributed by atoms with van der Waals surface area (Å²) in [5.41, 5.74) is 9.47. The van der Waals surface area contributed by atoms with E-state index in [-0.39, 0.29) is 17.4 Å². The number of rotatable bonds is 5. The Balaban J connectivity index is 2.58. The summed E-state index contributed by atoms with van der Waals surface area (Å²) in [6.45, 7) is 0. The molecule has 10 heteroatoms. The Bertz CT molecular complexity index is 745. The van der Waals surface area contributed by atoms with Crippen molar-refractivity contribution in [3.8, 4) is 0 Å². The van der Waals surface area contributed by atoms with Gasteiger partial charge in [-0.2, -0.15) is 5.53 Å². The lowest BCUT2D eigenvalue weighted by Crippen LogP contribution is -2.34. The fourth-order valence-corrected chi connectivity index (χ4v) is 3.28. The van der Waals surface area contributed by atoms with Gasteiger partial charge in [-0.15, -0.1) is 0 Å². The van der Waals surface area contributed by atoms with Gasteiger partial charge in [0, 0.05) is 19.3 Å². The lowest BCUT2D eigenvalue weighted by atomic mass is 10.0. The van der Waals surface area contributed by atoms with Gasteiger partial charge in [-0.25, -0.2) is 24.0 Å². The fourth-order valence-electron chi connectivity index (χ4n) is 2.59. The maximum absolute atomic E-state index is 11.8. The van der Waals surface area contributed by atoms with Crippen LogP contribution in [0.3, 0.4) is 0 Å². The molecule has 9 nitrogen and oxygen atoms in total. The summed E-state index contributed by atoms with van der Waals surface area (Å²) in [5.74, 6) is -0.348. The Kier molecular flexibility index (Phi) is 5.06. The summed E-state index contributed by atoms with van der Waals surface area (Å²) in [7, 11) is -2.31. The molecule has 0 saturated carbocycles. The van der Waals surface area contributed by atoms with Crippen LogP contribution in [0.1, 0.15) is 24.8 Å². The Hall–Kier alpha value is -2.33. The number of pyridine rings is 1. The minimum Gasteiger partial charge on any atom is -0.367 e. The van der Waals surface area contributed by atoms with Gasteiger partial charge in [-0.1, -0.05) is 17.4 Å². The summed E-state index contributed by atoms with van der Waals surface area (Å²) in [5, 5.41) is 15.7. The molecule has 0 fully saturated rings. The first-order valence-electron chi connectivity index (χ1n) is 6.99. The highest BCUT2D eigenvalue weighted by Gasteiger charge is 2.26. The van der Waals surface area contributed by atoms with Crippen molar-refractivity contribution in [3.63, 3.8) is 0 Å². The number of hydrogen-bond donors (Lipinski definition) is 4. The monoisotopic (exact) mass is 337 g/mol. The molecule has 0 spiro atoms. The van der Waals surface area contributed by atoms with Gasteiger partial charge in [0.1, 0.15) is 0 Å². The number of aromatic nitrogens is 1. The van der Waals surface area contributed by atoms with Crippen molar-refractivity contribution in [2.75, 3.05) is 11.9 Å². The van der Waals surface area contributed by atoms with Gasteiger partial charge >= 0.3 is 0 Å². The largest absolute Gasteiger partial charge is 0.367 e. The van der Waals surface area contributed by atoms with Gasteiger partial charge in [-0.3, -0.25) is 5.41 Å². The lowest BCUT2D eigenvalue weighted by Gasteiger charge is -2.31. The summed E-state index contributed by atoms with van der Waals surface area (Å²) in [6, 6.07) is 1.70. The molecule has 23 heavy (non-hydrogen) atoms. The number of nitrogens with zero attached hydrogens (tertiary/aromatic N) is 3. The van der Waals surface area contributed by atoms with Gasteiger partial charge in [0.05, 0.1) is 11.3 Å². The first-order valence-corrected chi connectivity index (χ1v) is 8.53. The summed E-state index contributed by atoms with van der Waals surface area (Å²) >= 11 is 0. The third kappa shape index (κ3) is 3.71. The molecule has 0 aromatic carbocycles. The van der Waals surface area contributed by atoms with Crippen LogP contribution in [-0.2, 0) is 10.0 Å². The van der Waals surface area contributed by atoms with Crippen molar-refractivity contribution >= 4 is 21.5 Å². The normalized spacial score (nSPS) is 17.6. The fraction of sp³-hybridized carbons (Fsp3) is 0.385. The molecule has 0 aliphatic heterocycles. The molecule has 1 aliphatic carbocycles. The number of sulfonamides is 1. The second kappa shape index (κ2) is 6.84. The average molecular weight is 337 g/mol. The van der Waals surface area contributed by atoms with Crippen molar-refractivity contribution < 1.29 is 8.42 Å². The van der Waals surface area contributed by atoms with Crippen LogP contribution >= 0.6 is 0 Å². The van der Waals surface area contributed by atoms with Gasteiger partial charge in [0.25, 0.3) is 10.0 Å². The van der Waals surface area contributed by atoms with E-state index in [4.69, 9.17) is 16.1 Å². The van der Waals surface area contributed by atoms with E-state index in [1.165, 1.54) is 6.20 Å². The van der Waals surface area contributed by atoms with Crippen LogP contribution in [0.4, 0.5) is 5.69 Å². The van der Waals surface area contributed by atoms with Crippen molar-refractivity contribution in [1.29, 1.82) is 10.9 Å². The van der Waals surface area contributed by atoms with Gasteiger partial charge in [0.2, 0.25) is 0 Å². The quantitative estimate of drug-likeness (QED) is 0.209. The topological polar surface area (TPSA) is 148 Å². The van der Waals surface area contributed by atoms with Crippen molar-refractivity contribution in [3.05, 3.63) is 30.0 Å². The molecule has 1 aliphatic rings. The first kappa shape index (κ1) is 17.0. The molecule has 1 aromatic rings. The number of hydrogen-bond acceptors (Lipinski definition) is 7. The van der Waals surface area contributed by atoms with E-state index < -0.39 is 15.0 Å². The highest BCUT2D eigenvalue weighted by molar-refractivity contribution is 7.89. The third-order valence-electron chi connectivity index (χ3n) is 3.69. The van der Waals surface area contributed by atoms with E-state index >= 15 is 0 Å². The van der Waals surface area contributed by atoms with Crippen LogP contribution in [0.5, 0.6) is 0 Å². The number of nitrogens with two attached hydrogens (primary N) is 1. The van der Waals surface area contributed by atoms with Crippen LogP contribution in [0, 0.1) is 10.9 Å². The van der Waals surface area contributed by atoms with E-state index in [9.17, 15) is 8.42 Å². The lowest BCUT2D eigenvalue weighted by molar-refractivity contribution is 0.592. The van der Waals surface area contributed by atoms with Gasteiger partial charge in [-0.05, 0) is 25.3 Å². The molecular formula is C13H19N7O2S. The summed E-state index contributed by atoms with van der Waals surface area (Å²) in [4.78, 5) is 5.68. The average Bonchev–Trinajstić information content (AvgIpc) is 2.53. The van der Waals surface area contributed by atoms with Crippen molar-refractivity contribution in [1.82, 2.24) is 10.4 Å². The highest BCUT2D eigenvalue weighted by atomic mass is 32.2. The molecule has 124 valence electrons. The molecule has 2 rings (SSSR count).